The van der Waals surface area contributed by atoms with Gasteiger partial charge in [0.05, 0.1) is 32.2 Å². The minimum absolute atomic E-state index is 0.266. The zero-order chi connectivity index (χ0) is 9.80. The van der Waals surface area contributed by atoms with Crippen LogP contribution in [0.3, 0.4) is 0 Å². The van der Waals surface area contributed by atoms with Crippen molar-refractivity contribution in [2.45, 2.75) is 12.8 Å². The van der Waals surface area contributed by atoms with Gasteiger partial charge in [0.1, 0.15) is 0 Å². The Bertz CT molecular complexity index is 176. The number of rotatable bonds is 1. The van der Waals surface area contributed by atoms with Crippen LogP contribution in [0, 0.1) is 5.92 Å². The molecule has 0 bridgehead atoms. The lowest BCUT2D eigenvalue weighted by Crippen LogP contribution is -2.88. The number of nitrogens with zero attached hydrogens (tertiary/aromatic N) is 1. The Balaban J connectivity index is 1.85. The molecule has 80 valence electrons. The maximum atomic E-state index is 12.0. The van der Waals surface area contributed by atoms with E-state index in [0.717, 1.165) is 26.1 Å². The van der Waals surface area contributed by atoms with E-state index in [-0.39, 0.29) is 5.92 Å². The molecule has 0 aromatic carbocycles. The Morgan fingerprint density at radius 3 is 2.79 bits per heavy atom. The molecule has 2 heterocycles. The molecule has 0 radical (unpaired) electrons. The third kappa shape index (κ3) is 2.25. The number of quaternary nitrogens is 1. The van der Waals surface area contributed by atoms with Gasteiger partial charge in [-0.3, -0.25) is 4.79 Å². The molecule has 2 aliphatic rings. The van der Waals surface area contributed by atoms with Crippen LogP contribution >= 0.6 is 0 Å². The number of carbonyl (C=O) groups is 1. The summed E-state index contributed by atoms with van der Waals surface area (Å²) in [6.07, 6.45) is 2.26. The van der Waals surface area contributed by atoms with E-state index in [9.17, 15) is 4.79 Å². The third-order valence-electron chi connectivity index (χ3n) is 3.08. The zero-order valence-electron chi connectivity index (χ0n) is 8.58. The van der Waals surface area contributed by atoms with Gasteiger partial charge in [0, 0.05) is 13.1 Å². The van der Waals surface area contributed by atoms with Crippen LogP contribution in [-0.4, -0.2) is 50.2 Å². The lowest BCUT2D eigenvalue weighted by Gasteiger charge is -2.31. The standard InChI is InChI=1S/C10H18N2O2/c13-10(9-2-1-3-11-8-9)12-4-6-14-7-5-12/h9,11H,1-8H2/p+1/t9-/m1/s1. The van der Waals surface area contributed by atoms with Crippen molar-refractivity contribution in [3.8, 4) is 0 Å². The van der Waals surface area contributed by atoms with Gasteiger partial charge in [0.15, 0.2) is 0 Å². The predicted molar refractivity (Wildman–Crippen MR) is 51.8 cm³/mol. The largest absolute Gasteiger partial charge is 0.378 e. The molecule has 2 N–H and O–H groups in total. The first kappa shape index (κ1) is 9.93. The van der Waals surface area contributed by atoms with E-state index in [1.165, 1.54) is 13.0 Å². The summed E-state index contributed by atoms with van der Waals surface area (Å²) < 4.78 is 5.24. The second kappa shape index (κ2) is 4.75. The van der Waals surface area contributed by atoms with Gasteiger partial charge in [-0.25, -0.2) is 0 Å². The molecule has 0 spiro atoms. The molecule has 0 aliphatic carbocycles. The molecular weight excluding hydrogens is 180 g/mol. The second-order valence-corrected chi connectivity index (χ2v) is 4.09. The topological polar surface area (TPSA) is 46.2 Å². The van der Waals surface area contributed by atoms with Crippen molar-refractivity contribution in [1.82, 2.24) is 4.90 Å². The fourth-order valence-corrected chi connectivity index (χ4v) is 2.21. The molecule has 2 rings (SSSR count). The number of carbonyl (C=O) groups excluding carboxylic acids is 1. The third-order valence-corrected chi connectivity index (χ3v) is 3.08. The summed E-state index contributed by atoms with van der Waals surface area (Å²) in [5.41, 5.74) is 0. The van der Waals surface area contributed by atoms with Crippen LogP contribution in [0.2, 0.25) is 0 Å². The summed E-state index contributed by atoms with van der Waals surface area (Å²) in [6, 6.07) is 0. The summed E-state index contributed by atoms with van der Waals surface area (Å²) in [6.45, 7) is 5.16. The Kier molecular flexibility index (Phi) is 3.37. The molecular formula is C10H19N2O2+. The Morgan fingerprint density at radius 2 is 2.14 bits per heavy atom. The number of piperidine rings is 1. The van der Waals surface area contributed by atoms with Gasteiger partial charge in [0.2, 0.25) is 5.91 Å². The van der Waals surface area contributed by atoms with E-state index in [2.05, 4.69) is 5.32 Å². The number of hydrogen-bond acceptors (Lipinski definition) is 2. The summed E-state index contributed by atoms with van der Waals surface area (Å²) in [5, 5.41) is 2.26. The number of morpholine rings is 1. The van der Waals surface area contributed by atoms with Gasteiger partial charge in [-0.2, -0.15) is 0 Å². The molecule has 0 saturated carbocycles. The highest BCUT2D eigenvalue weighted by atomic mass is 16.5. The van der Waals surface area contributed by atoms with Crippen LogP contribution in [-0.2, 0) is 9.53 Å². The molecule has 0 aromatic rings. The molecule has 2 aliphatic heterocycles. The Hall–Kier alpha value is -0.610. The first-order chi connectivity index (χ1) is 6.88. The van der Waals surface area contributed by atoms with E-state index in [1.807, 2.05) is 4.90 Å². The first-order valence-electron chi connectivity index (χ1n) is 5.56. The molecule has 1 amide bonds. The molecule has 1 atom stereocenters. The number of nitrogens with two attached hydrogens (primary N) is 1. The molecule has 4 nitrogen and oxygen atoms in total. The lowest BCUT2D eigenvalue weighted by atomic mass is 9.98. The number of hydrogen-bond donors (Lipinski definition) is 1. The van der Waals surface area contributed by atoms with Crippen LogP contribution in [0.15, 0.2) is 0 Å². The van der Waals surface area contributed by atoms with Crippen LogP contribution in [0.25, 0.3) is 0 Å². The van der Waals surface area contributed by atoms with Crippen molar-refractivity contribution >= 4 is 5.91 Å². The maximum absolute atomic E-state index is 12.0. The highest BCUT2D eigenvalue weighted by Gasteiger charge is 2.28. The van der Waals surface area contributed by atoms with Crippen molar-refractivity contribution in [2.75, 3.05) is 39.4 Å². The van der Waals surface area contributed by atoms with Crippen LogP contribution in [0.4, 0.5) is 0 Å². The summed E-state index contributed by atoms with van der Waals surface area (Å²) in [7, 11) is 0. The van der Waals surface area contributed by atoms with Crippen molar-refractivity contribution < 1.29 is 14.8 Å². The van der Waals surface area contributed by atoms with Gasteiger partial charge >= 0.3 is 0 Å². The fraction of sp³-hybridized carbons (Fsp3) is 0.900. The average molecular weight is 199 g/mol. The van der Waals surface area contributed by atoms with Gasteiger partial charge in [-0.15, -0.1) is 0 Å². The highest BCUT2D eigenvalue weighted by Crippen LogP contribution is 2.11. The van der Waals surface area contributed by atoms with Crippen molar-refractivity contribution in [3.63, 3.8) is 0 Å². The van der Waals surface area contributed by atoms with Crippen LogP contribution in [0.5, 0.6) is 0 Å². The molecule has 14 heavy (non-hydrogen) atoms. The molecule has 2 fully saturated rings. The Morgan fingerprint density at radius 1 is 1.36 bits per heavy atom. The fourth-order valence-electron chi connectivity index (χ4n) is 2.21. The summed E-state index contributed by atoms with van der Waals surface area (Å²) >= 11 is 0. The van der Waals surface area contributed by atoms with Crippen molar-refractivity contribution in [3.05, 3.63) is 0 Å². The Labute approximate surface area is 84.6 Å². The SMILES string of the molecule is O=C([C@@H]1CCC[NH2+]C1)N1CCOCC1. The van der Waals surface area contributed by atoms with Crippen molar-refractivity contribution in [2.24, 2.45) is 5.92 Å². The van der Waals surface area contributed by atoms with Gasteiger partial charge < -0.3 is 15.0 Å². The maximum Gasteiger partial charge on any atom is 0.231 e. The van der Waals surface area contributed by atoms with Crippen LogP contribution in [0.1, 0.15) is 12.8 Å². The minimum Gasteiger partial charge on any atom is -0.378 e. The number of ether oxygens (including phenoxy) is 1. The van der Waals surface area contributed by atoms with E-state index in [0.29, 0.717) is 19.1 Å². The quantitative estimate of drug-likeness (QED) is 0.578. The van der Waals surface area contributed by atoms with E-state index >= 15 is 0 Å². The highest BCUT2D eigenvalue weighted by molar-refractivity contribution is 5.79. The lowest BCUT2D eigenvalue weighted by molar-refractivity contribution is -0.666. The molecule has 0 unspecified atom stereocenters. The monoisotopic (exact) mass is 199 g/mol. The molecule has 0 aromatic heterocycles. The molecule has 4 heteroatoms. The average Bonchev–Trinajstić information content (AvgIpc) is 2.30. The minimum atomic E-state index is 0.266. The predicted octanol–water partition coefficient (Wildman–Crippen LogP) is -1.18. The van der Waals surface area contributed by atoms with Gasteiger partial charge in [-0.1, -0.05) is 0 Å². The zero-order valence-corrected chi connectivity index (χ0v) is 8.58. The van der Waals surface area contributed by atoms with E-state index < -0.39 is 0 Å². The molecule has 2 saturated heterocycles. The smallest absolute Gasteiger partial charge is 0.231 e. The number of amides is 1. The van der Waals surface area contributed by atoms with Crippen molar-refractivity contribution in [1.29, 1.82) is 0 Å². The van der Waals surface area contributed by atoms with E-state index in [4.69, 9.17) is 4.74 Å². The summed E-state index contributed by atoms with van der Waals surface area (Å²) in [5.74, 6) is 0.617. The van der Waals surface area contributed by atoms with E-state index in [1.54, 1.807) is 0 Å². The second-order valence-electron chi connectivity index (χ2n) is 4.09. The normalized spacial score (nSPS) is 28.9. The first-order valence-corrected chi connectivity index (χ1v) is 5.56. The van der Waals surface area contributed by atoms with Crippen LogP contribution < -0.4 is 5.32 Å². The van der Waals surface area contributed by atoms with Gasteiger partial charge in [-0.05, 0) is 12.8 Å². The summed E-state index contributed by atoms with van der Waals surface area (Å²) in [4.78, 5) is 14.0. The van der Waals surface area contributed by atoms with Gasteiger partial charge in [0.25, 0.3) is 0 Å².